The van der Waals surface area contributed by atoms with Gasteiger partial charge in [0.15, 0.2) is 18.5 Å². The van der Waals surface area contributed by atoms with E-state index in [2.05, 4.69) is 41.5 Å². The number of hydrogen-bond donors (Lipinski definition) is 2. The van der Waals surface area contributed by atoms with E-state index in [0.717, 1.165) is 0 Å². The van der Waals surface area contributed by atoms with Crippen LogP contribution in [0.3, 0.4) is 0 Å². The van der Waals surface area contributed by atoms with Gasteiger partial charge >= 0.3 is 11.9 Å². The summed E-state index contributed by atoms with van der Waals surface area (Å²) in [6.07, 6.45) is -9.28. The van der Waals surface area contributed by atoms with Gasteiger partial charge in [0.25, 0.3) is 0 Å². The second-order valence-electron chi connectivity index (χ2n) is 14.6. The Labute approximate surface area is 329 Å². The molecule has 2 saturated heterocycles. The Balaban J connectivity index is 1.51. The first-order valence-electron chi connectivity index (χ1n) is 18.8. The number of esters is 2. The molecule has 2 aliphatic heterocycles. The lowest BCUT2D eigenvalue weighted by atomic mass is 10.1. The van der Waals surface area contributed by atoms with Crippen LogP contribution in [0.4, 0.5) is 0 Å². The fourth-order valence-corrected chi connectivity index (χ4v) is 13.2. The lowest BCUT2D eigenvalue weighted by Gasteiger charge is -2.45. The van der Waals surface area contributed by atoms with Crippen LogP contribution in [-0.4, -0.2) is 105 Å². The van der Waals surface area contributed by atoms with Crippen LogP contribution in [-0.2, 0) is 28.1 Å². The summed E-state index contributed by atoms with van der Waals surface area (Å²) in [4.78, 5) is 26.8. The molecule has 3 aromatic rings. The van der Waals surface area contributed by atoms with Crippen molar-refractivity contribution in [3.63, 3.8) is 0 Å². The van der Waals surface area contributed by atoms with Crippen LogP contribution in [0.15, 0.2) is 84.9 Å². The standard InChI is InChI=1S/C41H53ClO12Si/c1-25(2)55(26(3)4,27(5)6)54-36-34(44)32(23-43)50-40(36)53-37-35(52-39(46)29-15-11-8-12-16-29)33(24-48-38(45)28-13-9-7-10-14-28)51-41(37)49-31-19-17-30(18-20-31)47-22-21-42/h7-20,25-27,32-37,40-41,43-44H,21-24H2,1-6H3/t32-,33-,34-,35-,36+,37+,40?,41+/m1/s1. The fourth-order valence-electron chi connectivity index (χ4n) is 7.58. The maximum Gasteiger partial charge on any atom is 0.338 e. The summed E-state index contributed by atoms with van der Waals surface area (Å²) in [7, 11) is -2.65. The molecule has 55 heavy (non-hydrogen) atoms. The first-order valence-corrected chi connectivity index (χ1v) is 21.4. The molecule has 2 heterocycles. The molecule has 0 spiro atoms. The molecule has 0 amide bonds. The molecule has 1 unspecified atom stereocenters. The van der Waals surface area contributed by atoms with E-state index < -0.39 is 76.1 Å². The van der Waals surface area contributed by atoms with Gasteiger partial charge in [0, 0.05) is 0 Å². The van der Waals surface area contributed by atoms with E-state index in [1.54, 1.807) is 84.9 Å². The van der Waals surface area contributed by atoms with Crippen molar-refractivity contribution in [2.24, 2.45) is 0 Å². The van der Waals surface area contributed by atoms with E-state index in [4.69, 9.17) is 49.2 Å². The minimum atomic E-state index is -2.65. The van der Waals surface area contributed by atoms with Gasteiger partial charge in [-0.1, -0.05) is 77.9 Å². The van der Waals surface area contributed by atoms with E-state index in [0.29, 0.717) is 29.5 Å². The second kappa shape index (κ2) is 19.6. The predicted octanol–water partition coefficient (Wildman–Crippen LogP) is 6.51. The summed E-state index contributed by atoms with van der Waals surface area (Å²) in [5.74, 6) is -0.0221. The summed E-state index contributed by atoms with van der Waals surface area (Å²) in [6, 6.07) is 23.7. The highest BCUT2D eigenvalue weighted by atomic mass is 35.5. The molecule has 2 N–H and O–H groups in total. The highest BCUT2D eigenvalue weighted by molar-refractivity contribution is 6.77. The molecule has 5 rings (SSSR count). The Bertz CT molecular complexity index is 1620. The van der Waals surface area contributed by atoms with Gasteiger partial charge in [-0.15, -0.1) is 11.6 Å². The van der Waals surface area contributed by atoms with Crippen molar-refractivity contribution in [3.05, 3.63) is 96.1 Å². The van der Waals surface area contributed by atoms with E-state index in [9.17, 15) is 19.8 Å². The van der Waals surface area contributed by atoms with E-state index in [-0.39, 0.29) is 28.8 Å². The maximum absolute atomic E-state index is 13.7. The Hall–Kier alpha value is -3.53. The molecule has 0 saturated carbocycles. The van der Waals surface area contributed by atoms with Crippen molar-refractivity contribution in [3.8, 4) is 11.5 Å². The molecular formula is C41H53ClO12Si. The van der Waals surface area contributed by atoms with E-state index in [1.165, 1.54) is 0 Å². The number of hydrogen-bond acceptors (Lipinski definition) is 12. The SMILES string of the molecule is CC(C)[Si](O[C@@H]1C(O[C@@H]2[C@@H](Oc3ccc(OCCCl)cc3)O[C@H](COC(=O)c3ccccc3)[C@H]2OC(=O)c2ccccc2)O[C@H](CO)[C@H]1O)(C(C)C)C(C)C. The van der Waals surface area contributed by atoms with E-state index in [1.807, 2.05) is 0 Å². The smallest absolute Gasteiger partial charge is 0.338 e. The summed E-state index contributed by atoms with van der Waals surface area (Å²) in [6.45, 7) is 12.2. The zero-order valence-corrected chi connectivity index (χ0v) is 33.9. The molecular weight excluding hydrogens is 748 g/mol. The molecule has 0 bridgehead atoms. The van der Waals surface area contributed by atoms with Crippen molar-refractivity contribution in [2.75, 3.05) is 25.7 Å². The summed E-state index contributed by atoms with van der Waals surface area (Å²) in [5.41, 5.74) is 1.05. The Morgan fingerprint density at radius 3 is 1.82 bits per heavy atom. The molecule has 300 valence electrons. The predicted molar refractivity (Wildman–Crippen MR) is 207 cm³/mol. The van der Waals surface area contributed by atoms with Gasteiger partial charge in [0.05, 0.1) is 23.6 Å². The Kier molecular flexibility index (Phi) is 15.1. The van der Waals surface area contributed by atoms with Gasteiger partial charge in [-0.05, 0) is 65.2 Å². The molecule has 8 atom stereocenters. The molecule has 14 heteroatoms. The number of aliphatic hydroxyl groups is 2. The second-order valence-corrected chi connectivity index (χ2v) is 20.4. The first kappa shape index (κ1) is 42.6. The number of benzene rings is 3. The minimum absolute atomic E-state index is 0.152. The van der Waals surface area contributed by atoms with Crippen LogP contribution in [0.5, 0.6) is 11.5 Å². The third kappa shape index (κ3) is 10.1. The third-order valence-electron chi connectivity index (χ3n) is 10.1. The van der Waals surface area contributed by atoms with Crippen molar-refractivity contribution in [2.45, 2.75) is 107 Å². The fraction of sp³-hybridized carbons (Fsp3) is 0.512. The highest BCUT2D eigenvalue weighted by Crippen LogP contribution is 2.45. The number of aliphatic hydroxyl groups excluding tert-OH is 2. The number of carbonyl (C=O) groups is 2. The Morgan fingerprint density at radius 2 is 1.27 bits per heavy atom. The van der Waals surface area contributed by atoms with Crippen molar-refractivity contribution in [1.29, 1.82) is 0 Å². The van der Waals surface area contributed by atoms with Crippen molar-refractivity contribution >= 4 is 31.9 Å². The number of alkyl halides is 1. The normalized spacial score (nSPS) is 25.4. The van der Waals surface area contributed by atoms with Gasteiger partial charge in [-0.2, -0.15) is 0 Å². The van der Waals surface area contributed by atoms with Gasteiger partial charge in [0.2, 0.25) is 14.6 Å². The topological polar surface area (TPSA) is 148 Å². The summed E-state index contributed by atoms with van der Waals surface area (Å²) in [5, 5.41) is 21.8. The first-order chi connectivity index (χ1) is 26.4. The molecule has 3 aromatic carbocycles. The molecule has 2 aliphatic rings. The average molecular weight is 801 g/mol. The van der Waals surface area contributed by atoms with Crippen LogP contribution in [0, 0.1) is 0 Å². The van der Waals surface area contributed by atoms with Gasteiger partial charge in [0.1, 0.15) is 49.1 Å². The highest BCUT2D eigenvalue weighted by Gasteiger charge is 2.57. The lowest BCUT2D eigenvalue weighted by Crippen LogP contribution is -2.55. The molecule has 0 radical (unpaired) electrons. The van der Waals surface area contributed by atoms with Crippen molar-refractivity contribution < 1.29 is 57.4 Å². The van der Waals surface area contributed by atoms with Crippen LogP contribution in [0.2, 0.25) is 16.6 Å². The van der Waals surface area contributed by atoms with Gasteiger partial charge in [-0.25, -0.2) is 9.59 Å². The third-order valence-corrected chi connectivity index (χ3v) is 16.4. The number of ether oxygens (including phenoxy) is 7. The lowest BCUT2D eigenvalue weighted by molar-refractivity contribution is -0.229. The summed E-state index contributed by atoms with van der Waals surface area (Å²) < 4.78 is 50.1. The van der Waals surface area contributed by atoms with Crippen LogP contribution in [0.1, 0.15) is 62.3 Å². The molecule has 0 aliphatic carbocycles. The van der Waals surface area contributed by atoms with E-state index >= 15 is 0 Å². The monoisotopic (exact) mass is 800 g/mol. The number of rotatable bonds is 18. The Morgan fingerprint density at radius 1 is 0.727 bits per heavy atom. The molecule has 0 aromatic heterocycles. The van der Waals surface area contributed by atoms with Gasteiger partial charge < -0.3 is 47.8 Å². The maximum atomic E-state index is 13.7. The zero-order chi connectivity index (χ0) is 39.7. The minimum Gasteiger partial charge on any atom is -0.492 e. The quantitative estimate of drug-likeness (QED) is 0.0821. The van der Waals surface area contributed by atoms with Gasteiger partial charge in [-0.3, -0.25) is 0 Å². The van der Waals surface area contributed by atoms with Crippen LogP contribution in [0.25, 0.3) is 0 Å². The molecule has 12 nitrogen and oxygen atoms in total. The largest absolute Gasteiger partial charge is 0.492 e. The average Bonchev–Trinajstić information content (AvgIpc) is 3.66. The number of carbonyl (C=O) groups excluding carboxylic acids is 2. The van der Waals surface area contributed by atoms with Crippen LogP contribution >= 0.6 is 11.6 Å². The molecule has 2 fully saturated rings. The zero-order valence-electron chi connectivity index (χ0n) is 32.1. The summed E-state index contributed by atoms with van der Waals surface area (Å²) >= 11 is 5.79. The van der Waals surface area contributed by atoms with Crippen molar-refractivity contribution in [1.82, 2.24) is 0 Å². The number of halogens is 1. The van der Waals surface area contributed by atoms with Crippen LogP contribution < -0.4 is 9.47 Å².